The van der Waals surface area contributed by atoms with E-state index < -0.39 is 4.92 Å². The van der Waals surface area contributed by atoms with Crippen molar-refractivity contribution in [2.24, 2.45) is 0 Å². The van der Waals surface area contributed by atoms with Gasteiger partial charge in [0.15, 0.2) is 4.32 Å². The first-order valence-corrected chi connectivity index (χ1v) is 12.8. The minimum Gasteiger partial charge on any atom is -0.488 e. The third-order valence-corrected chi connectivity index (χ3v) is 7.40. The number of halogens is 1. The van der Waals surface area contributed by atoms with Gasteiger partial charge in [-0.1, -0.05) is 76.3 Å². The van der Waals surface area contributed by atoms with Gasteiger partial charge < -0.3 is 4.74 Å². The lowest BCUT2D eigenvalue weighted by Crippen LogP contribution is -2.27. The number of thioether (sulfide) groups is 1. The summed E-state index contributed by atoms with van der Waals surface area (Å²) in [5.41, 5.74) is 2.28. The smallest absolute Gasteiger partial charge is 0.270 e. The van der Waals surface area contributed by atoms with Crippen LogP contribution in [0.2, 0.25) is 0 Å². The minimum absolute atomic E-state index is 0.0244. The highest BCUT2D eigenvalue weighted by atomic mass is 79.9. The number of nitro groups is 1. The molecule has 1 aliphatic rings. The number of benzene rings is 4. The van der Waals surface area contributed by atoms with Crippen LogP contribution in [0.3, 0.4) is 0 Å². The molecule has 4 aromatic rings. The predicted molar refractivity (Wildman–Crippen MR) is 151 cm³/mol. The van der Waals surface area contributed by atoms with E-state index in [-0.39, 0.29) is 18.2 Å². The van der Waals surface area contributed by atoms with Gasteiger partial charge in [-0.3, -0.25) is 19.8 Å². The highest BCUT2D eigenvalue weighted by Crippen LogP contribution is 2.40. The van der Waals surface area contributed by atoms with Crippen LogP contribution in [0, 0.1) is 10.1 Å². The Morgan fingerprint density at radius 1 is 1.03 bits per heavy atom. The van der Waals surface area contributed by atoms with Crippen molar-refractivity contribution < 1.29 is 14.5 Å². The molecular formula is C27H17BrN2O4S2. The maximum Gasteiger partial charge on any atom is 0.270 e. The van der Waals surface area contributed by atoms with Crippen LogP contribution >= 0.6 is 39.9 Å². The summed E-state index contributed by atoms with van der Waals surface area (Å²) < 4.78 is 7.32. The summed E-state index contributed by atoms with van der Waals surface area (Å²) in [4.78, 5) is 26.0. The zero-order valence-corrected chi connectivity index (χ0v) is 21.8. The molecule has 1 amide bonds. The van der Waals surface area contributed by atoms with Crippen LogP contribution < -0.4 is 9.64 Å². The van der Waals surface area contributed by atoms with Crippen LogP contribution in [0.15, 0.2) is 94.3 Å². The van der Waals surface area contributed by atoms with Crippen LogP contribution in [-0.4, -0.2) is 15.2 Å². The van der Waals surface area contributed by atoms with Crippen LogP contribution in [0.5, 0.6) is 5.75 Å². The molecule has 0 bridgehead atoms. The number of nitro benzene ring substituents is 1. The largest absolute Gasteiger partial charge is 0.488 e. The van der Waals surface area contributed by atoms with E-state index in [0.29, 0.717) is 20.5 Å². The average Bonchev–Trinajstić information content (AvgIpc) is 3.15. The topological polar surface area (TPSA) is 72.7 Å². The molecule has 0 saturated carbocycles. The van der Waals surface area contributed by atoms with Crippen molar-refractivity contribution in [2.75, 3.05) is 4.90 Å². The Morgan fingerprint density at radius 3 is 2.56 bits per heavy atom. The molecule has 1 aliphatic heterocycles. The second kappa shape index (κ2) is 10.2. The van der Waals surface area contributed by atoms with Gasteiger partial charge in [0, 0.05) is 27.6 Å². The van der Waals surface area contributed by atoms with E-state index in [1.807, 2.05) is 60.7 Å². The summed E-state index contributed by atoms with van der Waals surface area (Å²) in [5, 5.41) is 12.9. The van der Waals surface area contributed by atoms with E-state index in [9.17, 15) is 14.9 Å². The van der Waals surface area contributed by atoms with E-state index in [4.69, 9.17) is 17.0 Å². The number of rotatable bonds is 6. The number of nitrogens with zero attached hydrogens (tertiary/aromatic N) is 2. The first-order chi connectivity index (χ1) is 17.4. The van der Waals surface area contributed by atoms with Crippen LogP contribution in [0.1, 0.15) is 11.1 Å². The van der Waals surface area contributed by atoms with Gasteiger partial charge >= 0.3 is 0 Å². The van der Waals surface area contributed by atoms with Gasteiger partial charge in [0.1, 0.15) is 12.4 Å². The predicted octanol–water partition coefficient (Wildman–Crippen LogP) is 7.50. The molecule has 0 unspecified atom stereocenters. The second-order valence-electron chi connectivity index (χ2n) is 7.91. The van der Waals surface area contributed by atoms with Crippen LogP contribution in [-0.2, 0) is 11.4 Å². The molecule has 5 rings (SSSR count). The summed E-state index contributed by atoms with van der Waals surface area (Å²) in [6.45, 7) is 0.220. The average molecular weight is 577 g/mol. The van der Waals surface area contributed by atoms with Gasteiger partial charge in [-0.05, 0) is 53.4 Å². The number of carbonyl (C=O) groups excluding carboxylic acids is 1. The van der Waals surface area contributed by atoms with Gasteiger partial charge in [-0.25, -0.2) is 0 Å². The lowest BCUT2D eigenvalue weighted by atomic mass is 10.1. The van der Waals surface area contributed by atoms with E-state index in [0.717, 1.165) is 26.5 Å². The zero-order valence-electron chi connectivity index (χ0n) is 18.6. The van der Waals surface area contributed by atoms with Gasteiger partial charge in [0.2, 0.25) is 0 Å². The molecule has 1 heterocycles. The first kappa shape index (κ1) is 24.2. The highest BCUT2D eigenvalue weighted by Gasteiger charge is 2.34. The van der Waals surface area contributed by atoms with Crippen molar-refractivity contribution in [1.82, 2.24) is 0 Å². The fraction of sp³-hybridized carbons (Fsp3) is 0.0370. The number of anilines is 1. The molecule has 36 heavy (non-hydrogen) atoms. The maximum atomic E-state index is 13.5. The Kier molecular flexibility index (Phi) is 6.86. The summed E-state index contributed by atoms with van der Waals surface area (Å²) in [6, 6.07) is 25.4. The maximum absolute atomic E-state index is 13.5. The standard InChI is InChI=1S/C27H17BrN2O4S2/c28-20-10-13-24(34-16-17-8-11-21(12-9-17)30(32)33)19(14-20)15-25-26(31)29(27(35)36-25)23-7-3-5-18-4-1-2-6-22(18)23/h1-15H,16H2/b25-15+. The summed E-state index contributed by atoms with van der Waals surface area (Å²) in [7, 11) is 0. The van der Waals surface area contributed by atoms with E-state index >= 15 is 0 Å². The van der Waals surface area contributed by atoms with Gasteiger partial charge in [-0.2, -0.15) is 0 Å². The van der Waals surface area contributed by atoms with Gasteiger partial charge in [0.25, 0.3) is 11.6 Å². The molecule has 1 saturated heterocycles. The van der Waals surface area contributed by atoms with Crippen molar-refractivity contribution in [3.63, 3.8) is 0 Å². The Labute approximate surface area is 224 Å². The number of ether oxygens (including phenoxy) is 1. The fourth-order valence-electron chi connectivity index (χ4n) is 3.86. The number of amides is 1. The molecule has 178 valence electrons. The second-order valence-corrected chi connectivity index (χ2v) is 10.5. The zero-order chi connectivity index (χ0) is 25.2. The Balaban J connectivity index is 1.42. The molecule has 0 N–H and O–H groups in total. The third kappa shape index (κ3) is 4.90. The highest BCUT2D eigenvalue weighted by molar-refractivity contribution is 9.10. The number of thiocarbonyl (C=S) groups is 1. The molecule has 0 aromatic heterocycles. The lowest BCUT2D eigenvalue weighted by molar-refractivity contribution is -0.384. The Bertz CT molecular complexity index is 1550. The first-order valence-electron chi connectivity index (χ1n) is 10.8. The number of carbonyl (C=O) groups is 1. The Morgan fingerprint density at radius 2 is 1.78 bits per heavy atom. The Hall–Kier alpha value is -3.53. The van der Waals surface area contributed by atoms with Crippen LogP contribution in [0.4, 0.5) is 11.4 Å². The minimum atomic E-state index is -0.439. The normalized spacial score (nSPS) is 14.6. The van der Waals surface area contributed by atoms with Crippen molar-refractivity contribution in [1.29, 1.82) is 0 Å². The third-order valence-electron chi connectivity index (χ3n) is 5.60. The number of hydrogen-bond donors (Lipinski definition) is 0. The summed E-state index contributed by atoms with van der Waals surface area (Å²) in [6.07, 6.45) is 1.78. The molecule has 9 heteroatoms. The number of fused-ring (bicyclic) bond motifs is 1. The lowest BCUT2D eigenvalue weighted by Gasteiger charge is -2.17. The van der Waals surface area contributed by atoms with Gasteiger partial charge in [0.05, 0.1) is 15.5 Å². The fourth-order valence-corrected chi connectivity index (χ4v) is 5.51. The summed E-state index contributed by atoms with van der Waals surface area (Å²) >= 11 is 10.3. The molecule has 4 aromatic carbocycles. The molecule has 0 radical (unpaired) electrons. The summed E-state index contributed by atoms with van der Waals surface area (Å²) in [5.74, 6) is 0.384. The molecule has 0 atom stereocenters. The molecule has 0 aliphatic carbocycles. The van der Waals surface area contributed by atoms with Gasteiger partial charge in [-0.15, -0.1) is 0 Å². The van der Waals surface area contributed by atoms with Crippen molar-refractivity contribution in [3.05, 3.63) is 116 Å². The van der Waals surface area contributed by atoms with E-state index in [2.05, 4.69) is 15.9 Å². The molecule has 1 fully saturated rings. The van der Waals surface area contributed by atoms with Crippen molar-refractivity contribution >= 4 is 78.4 Å². The van der Waals surface area contributed by atoms with Crippen molar-refractivity contribution in [3.8, 4) is 5.75 Å². The molecule has 6 nitrogen and oxygen atoms in total. The van der Waals surface area contributed by atoms with E-state index in [1.165, 1.54) is 23.9 Å². The number of hydrogen-bond acceptors (Lipinski definition) is 6. The van der Waals surface area contributed by atoms with Crippen molar-refractivity contribution in [2.45, 2.75) is 6.61 Å². The van der Waals surface area contributed by atoms with E-state index in [1.54, 1.807) is 23.1 Å². The quantitative estimate of drug-likeness (QED) is 0.102. The van der Waals surface area contributed by atoms with Crippen LogP contribution in [0.25, 0.3) is 16.8 Å². The monoisotopic (exact) mass is 576 g/mol. The molecule has 0 spiro atoms. The SMILES string of the molecule is O=C1/C(=C\c2cc(Br)ccc2OCc2ccc([N+](=O)[O-])cc2)SC(=S)N1c1cccc2ccccc12. The molecular weight excluding hydrogens is 560 g/mol. The number of non-ortho nitro benzene ring substituents is 1.